The second-order valence-electron chi connectivity index (χ2n) is 4.38. The lowest BCUT2D eigenvalue weighted by atomic mass is 10.1. The molecule has 0 unspecified atom stereocenters. The number of alkyl halides is 3. The number of carbonyl (C=O) groups excluding carboxylic acids is 1. The number of carbonyl (C=O) groups is 1. The van der Waals surface area contributed by atoms with Crippen LogP contribution in [0.3, 0.4) is 0 Å². The Morgan fingerprint density at radius 3 is 2.65 bits per heavy atom. The molecule has 6 heteroatoms. The molecular formula is C14H12F3NOS. The van der Waals surface area contributed by atoms with E-state index in [4.69, 9.17) is 0 Å². The molecular weight excluding hydrogens is 287 g/mol. The Balaban J connectivity index is 2.12. The predicted molar refractivity (Wildman–Crippen MR) is 72.8 cm³/mol. The van der Waals surface area contributed by atoms with Gasteiger partial charge in [-0.2, -0.15) is 24.5 Å². The zero-order valence-electron chi connectivity index (χ0n) is 10.6. The van der Waals surface area contributed by atoms with Crippen LogP contribution in [0.15, 0.2) is 35.0 Å². The van der Waals surface area contributed by atoms with Crippen LogP contribution in [0.25, 0.3) is 0 Å². The predicted octanol–water partition coefficient (Wildman–Crippen LogP) is 4.26. The number of hydrogen-bond acceptors (Lipinski definition) is 2. The fourth-order valence-electron chi connectivity index (χ4n) is 1.79. The molecule has 0 saturated heterocycles. The van der Waals surface area contributed by atoms with E-state index in [1.54, 1.807) is 6.07 Å². The molecule has 0 aliphatic heterocycles. The van der Waals surface area contributed by atoms with Crippen molar-refractivity contribution in [2.75, 3.05) is 5.32 Å². The van der Waals surface area contributed by atoms with Gasteiger partial charge in [-0.05, 0) is 47.0 Å². The summed E-state index contributed by atoms with van der Waals surface area (Å²) in [6.07, 6.45) is -4.27. The average molecular weight is 299 g/mol. The van der Waals surface area contributed by atoms with Crippen molar-refractivity contribution in [2.24, 2.45) is 0 Å². The smallest absolute Gasteiger partial charge is 0.326 e. The zero-order valence-corrected chi connectivity index (χ0v) is 11.4. The summed E-state index contributed by atoms with van der Waals surface area (Å²) in [5, 5.41) is 6.16. The van der Waals surface area contributed by atoms with Crippen molar-refractivity contribution in [2.45, 2.75) is 19.5 Å². The molecule has 1 N–H and O–H groups in total. The number of anilines is 1. The highest BCUT2D eigenvalue weighted by molar-refractivity contribution is 7.08. The third-order valence-corrected chi connectivity index (χ3v) is 3.50. The van der Waals surface area contributed by atoms with Gasteiger partial charge >= 0.3 is 6.18 Å². The highest BCUT2D eigenvalue weighted by Gasteiger charge is 2.32. The summed E-state index contributed by atoms with van der Waals surface area (Å²) in [5.74, 6) is -0.333. The van der Waals surface area contributed by atoms with Crippen molar-refractivity contribution in [1.29, 1.82) is 0 Å². The number of aryl methyl sites for hydroxylation is 1. The summed E-state index contributed by atoms with van der Waals surface area (Å²) >= 11 is 1.47. The third-order valence-electron chi connectivity index (χ3n) is 2.77. The number of thiophene rings is 1. The van der Waals surface area contributed by atoms with E-state index in [1.165, 1.54) is 30.4 Å². The van der Waals surface area contributed by atoms with Crippen molar-refractivity contribution >= 4 is 22.9 Å². The van der Waals surface area contributed by atoms with Crippen molar-refractivity contribution in [3.63, 3.8) is 0 Å². The van der Waals surface area contributed by atoms with Crippen LogP contribution in [0.5, 0.6) is 0 Å². The van der Waals surface area contributed by atoms with E-state index in [1.807, 2.05) is 10.8 Å². The molecule has 20 heavy (non-hydrogen) atoms. The van der Waals surface area contributed by atoms with E-state index in [-0.39, 0.29) is 23.6 Å². The van der Waals surface area contributed by atoms with Crippen LogP contribution in [0.2, 0.25) is 0 Å². The number of halogens is 3. The molecule has 0 bridgehead atoms. The Morgan fingerprint density at radius 2 is 2.05 bits per heavy atom. The largest absolute Gasteiger partial charge is 0.416 e. The Bertz CT molecular complexity index is 605. The molecule has 1 aromatic heterocycles. The van der Waals surface area contributed by atoms with Gasteiger partial charge in [0.15, 0.2) is 0 Å². The van der Waals surface area contributed by atoms with Gasteiger partial charge in [-0.3, -0.25) is 4.79 Å². The molecule has 106 valence electrons. The lowest BCUT2D eigenvalue weighted by Crippen LogP contribution is -2.15. The van der Waals surface area contributed by atoms with E-state index in [2.05, 4.69) is 5.32 Å². The van der Waals surface area contributed by atoms with Crippen LogP contribution >= 0.6 is 11.3 Å². The van der Waals surface area contributed by atoms with E-state index in [0.29, 0.717) is 0 Å². The molecule has 1 aromatic carbocycles. The van der Waals surface area contributed by atoms with Gasteiger partial charge in [0.1, 0.15) is 0 Å². The Morgan fingerprint density at radius 1 is 1.30 bits per heavy atom. The first kappa shape index (κ1) is 14.6. The SMILES string of the molecule is Cc1ccc(NC(=O)Cc2ccsc2)cc1C(F)(F)F. The molecule has 0 spiro atoms. The van der Waals surface area contributed by atoms with Crippen molar-refractivity contribution in [3.05, 3.63) is 51.7 Å². The maximum absolute atomic E-state index is 12.8. The lowest BCUT2D eigenvalue weighted by molar-refractivity contribution is -0.138. The minimum absolute atomic E-state index is 0.133. The summed E-state index contributed by atoms with van der Waals surface area (Å²) in [7, 11) is 0. The topological polar surface area (TPSA) is 29.1 Å². The quantitative estimate of drug-likeness (QED) is 0.901. The van der Waals surface area contributed by atoms with Gasteiger partial charge in [-0.25, -0.2) is 0 Å². The molecule has 0 fully saturated rings. The third kappa shape index (κ3) is 3.60. The molecule has 0 atom stereocenters. The van der Waals surface area contributed by atoms with Crippen LogP contribution < -0.4 is 5.32 Å². The van der Waals surface area contributed by atoms with Crippen molar-refractivity contribution in [3.8, 4) is 0 Å². The Kier molecular flexibility index (Phi) is 4.13. The molecule has 1 heterocycles. The van der Waals surface area contributed by atoms with Gasteiger partial charge < -0.3 is 5.32 Å². The number of rotatable bonds is 3. The fourth-order valence-corrected chi connectivity index (χ4v) is 2.46. The molecule has 0 aliphatic rings. The van der Waals surface area contributed by atoms with E-state index in [0.717, 1.165) is 11.6 Å². The van der Waals surface area contributed by atoms with Gasteiger partial charge in [0.2, 0.25) is 5.91 Å². The highest BCUT2D eigenvalue weighted by atomic mass is 32.1. The molecule has 0 saturated carbocycles. The van der Waals surface area contributed by atoms with E-state index < -0.39 is 11.7 Å². The maximum atomic E-state index is 12.8. The molecule has 0 radical (unpaired) electrons. The summed E-state index contributed by atoms with van der Waals surface area (Å²) in [4.78, 5) is 11.7. The Hall–Kier alpha value is -1.82. The molecule has 2 nitrogen and oxygen atoms in total. The van der Waals surface area contributed by atoms with E-state index in [9.17, 15) is 18.0 Å². The summed E-state index contributed by atoms with van der Waals surface area (Å²) in [6.45, 7) is 1.39. The first-order chi connectivity index (χ1) is 9.36. The summed E-state index contributed by atoms with van der Waals surface area (Å²) in [6, 6.07) is 5.58. The zero-order chi connectivity index (χ0) is 14.8. The second-order valence-corrected chi connectivity index (χ2v) is 5.16. The van der Waals surface area contributed by atoms with Gasteiger partial charge in [0, 0.05) is 5.69 Å². The Labute approximate surface area is 118 Å². The monoisotopic (exact) mass is 299 g/mol. The fraction of sp³-hybridized carbons (Fsp3) is 0.214. The van der Waals surface area contributed by atoms with E-state index >= 15 is 0 Å². The number of benzene rings is 1. The summed E-state index contributed by atoms with van der Waals surface area (Å²) in [5.41, 5.74) is 0.401. The minimum Gasteiger partial charge on any atom is -0.326 e. The number of nitrogens with one attached hydrogen (secondary N) is 1. The number of hydrogen-bond donors (Lipinski definition) is 1. The van der Waals surface area contributed by atoms with Gasteiger partial charge in [-0.15, -0.1) is 0 Å². The second kappa shape index (κ2) is 5.66. The van der Waals surface area contributed by atoms with Crippen LogP contribution in [-0.4, -0.2) is 5.91 Å². The van der Waals surface area contributed by atoms with Crippen LogP contribution in [0, 0.1) is 6.92 Å². The van der Waals surface area contributed by atoms with Crippen molar-refractivity contribution < 1.29 is 18.0 Å². The first-order valence-electron chi connectivity index (χ1n) is 5.85. The van der Waals surface area contributed by atoms with Crippen LogP contribution in [0.1, 0.15) is 16.7 Å². The number of amides is 1. The molecule has 2 aromatic rings. The van der Waals surface area contributed by atoms with Crippen LogP contribution in [0.4, 0.5) is 18.9 Å². The normalized spacial score (nSPS) is 11.4. The molecule has 0 aliphatic carbocycles. The molecule has 2 rings (SSSR count). The maximum Gasteiger partial charge on any atom is 0.416 e. The van der Waals surface area contributed by atoms with Gasteiger partial charge in [0.25, 0.3) is 0 Å². The first-order valence-corrected chi connectivity index (χ1v) is 6.79. The summed E-state index contributed by atoms with van der Waals surface area (Å²) < 4.78 is 38.3. The highest BCUT2D eigenvalue weighted by Crippen LogP contribution is 2.33. The van der Waals surface area contributed by atoms with Gasteiger partial charge in [-0.1, -0.05) is 6.07 Å². The lowest BCUT2D eigenvalue weighted by Gasteiger charge is -2.12. The standard InChI is InChI=1S/C14H12F3NOS/c1-9-2-3-11(7-12(9)14(15,16)17)18-13(19)6-10-4-5-20-8-10/h2-5,7-8H,6H2,1H3,(H,18,19). The minimum atomic E-state index is -4.42. The average Bonchev–Trinajstić information content (AvgIpc) is 2.83. The molecule has 1 amide bonds. The van der Waals surface area contributed by atoms with Crippen molar-refractivity contribution in [1.82, 2.24) is 0 Å². The van der Waals surface area contributed by atoms with Crippen LogP contribution in [-0.2, 0) is 17.4 Å². The van der Waals surface area contributed by atoms with Gasteiger partial charge in [0.05, 0.1) is 12.0 Å².